The van der Waals surface area contributed by atoms with E-state index in [1.807, 2.05) is 0 Å². The lowest BCUT2D eigenvalue weighted by molar-refractivity contribution is 0.159. The second-order valence-electron chi connectivity index (χ2n) is 3.53. The highest BCUT2D eigenvalue weighted by Gasteiger charge is 2.17. The van der Waals surface area contributed by atoms with Gasteiger partial charge in [0.2, 0.25) is 10.0 Å². The molecular weight excluding hydrogens is 294 g/mol. The van der Waals surface area contributed by atoms with Crippen molar-refractivity contribution in [2.75, 3.05) is 13.2 Å². The van der Waals surface area contributed by atoms with Crippen molar-refractivity contribution in [1.29, 1.82) is 0 Å². The Labute approximate surface area is 115 Å². The van der Waals surface area contributed by atoms with Crippen molar-refractivity contribution in [2.45, 2.75) is 11.4 Å². The van der Waals surface area contributed by atoms with Crippen LogP contribution in [0.2, 0.25) is 5.02 Å². The molecule has 0 bridgehead atoms. The number of carbonyl (C=O) groups excluding carboxylic acids is 1. The molecule has 0 radical (unpaired) electrons. The molecule has 0 unspecified atom stereocenters. The monoisotopic (exact) mass is 307 g/mol. The minimum atomic E-state index is -3.77. The van der Waals surface area contributed by atoms with Crippen molar-refractivity contribution in [2.24, 2.45) is 11.5 Å². The van der Waals surface area contributed by atoms with E-state index in [0.29, 0.717) is 0 Å². The first-order valence-electron chi connectivity index (χ1n) is 5.27. The van der Waals surface area contributed by atoms with Crippen LogP contribution in [0, 0.1) is 0 Å². The van der Waals surface area contributed by atoms with Gasteiger partial charge in [-0.05, 0) is 17.7 Å². The average molecular weight is 308 g/mol. The van der Waals surface area contributed by atoms with E-state index in [-0.39, 0.29) is 29.6 Å². The predicted molar refractivity (Wildman–Crippen MR) is 70.1 cm³/mol. The molecule has 9 heteroatoms. The predicted octanol–water partition coefficient (Wildman–Crippen LogP) is 0.172. The van der Waals surface area contributed by atoms with Gasteiger partial charge < -0.3 is 16.2 Å². The van der Waals surface area contributed by atoms with Gasteiger partial charge in [0, 0.05) is 13.1 Å². The van der Waals surface area contributed by atoms with Crippen molar-refractivity contribution in [1.82, 2.24) is 4.72 Å². The molecule has 0 aliphatic heterocycles. The molecule has 0 spiro atoms. The fraction of sp³-hybridized carbons (Fsp3) is 0.300. The summed E-state index contributed by atoms with van der Waals surface area (Å²) in [5, 5.41) is 0.0752. The first-order valence-corrected chi connectivity index (χ1v) is 7.13. The van der Waals surface area contributed by atoms with Crippen LogP contribution in [0.15, 0.2) is 23.1 Å². The highest BCUT2D eigenvalue weighted by molar-refractivity contribution is 7.89. The first-order chi connectivity index (χ1) is 8.86. The molecule has 7 nitrogen and oxygen atoms in total. The van der Waals surface area contributed by atoms with Crippen LogP contribution in [-0.4, -0.2) is 27.7 Å². The van der Waals surface area contributed by atoms with Crippen molar-refractivity contribution < 1.29 is 17.9 Å². The number of ether oxygens (including phenoxy) is 1. The molecule has 0 fully saturated rings. The van der Waals surface area contributed by atoms with Crippen LogP contribution in [0.25, 0.3) is 0 Å². The van der Waals surface area contributed by atoms with Gasteiger partial charge in [0.05, 0.1) is 5.02 Å². The number of amides is 1. The number of primary amides is 1. The Bertz CT molecular complexity index is 562. The lowest BCUT2D eigenvalue weighted by atomic mass is 10.2. The zero-order chi connectivity index (χ0) is 14.5. The Morgan fingerprint density at radius 1 is 1.42 bits per heavy atom. The maximum Gasteiger partial charge on any atom is 0.404 e. The standard InChI is InChI=1S/C10H14ClN3O4S/c11-8-5-7(6-12)1-2-9(8)19(16,17)14-3-4-18-10(13)15/h1-2,5,14H,3-4,6,12H2,(H2,13,15). The summed E-state index contributed by atoms with van der Waals surface area (Å²) in [4.78, 5) is 10.2. The lowest BCUT2D eigenvalue weighted by Gasteiger charge is -2.09. The zero-order valence-electron chi connectivity index (χ0n) is 9.93. The summed E-state index contributed by atoms with van der Waals surface area (Å²) in [5.74, 6) is 0. The molecule has 0 heterocycles. The maximum absolute atomic E-state index is 11.9. The van der Waals surface area contributed by atoms with Crippen molar-refractivity contribution in [3.8, 4) is 0 Å². The summed E-state index contributed by atoms with van der Waals surface area (Å²) in [5.41, 5.74) is 10.9. The van der Waals surface area contributed by atoms with Crippen LogP contribution < -0.4 is 16.2 Å². The highest BCUT2D eigenvalue weighted by atomic mass is 35.5. The van der Waals surface area contributed by atoms with Crippen molar-refractivity contribution in [3.63, 3.8) is 0 Å². The van der Waals surface area contributed by atoms with Crippen LogP contribution in [0.4, 0.5) is 4.79 Å². The van der Waals surface area contributed by atoms with E-state index in [2.05, 4.69) is 9.46 Å². The second kappa shape index (κ2) is 6.71. The van der Waals surface area contributed by atoms with Crippen LogP contribution in [0.5, 0.6) is 0 Å². The van der Waals surface area contributed by atoms with E-state index < -0.39 is 16.1 Å². The van der Waals surface area contributed by atoms with Gasteiger partial charge in [-0.1, -0.05) is 17.7 Å². The van der Waals surface area contributed by atoms with E-state index in [0.717, 1.165) is 5.56 Å². The Balaban J connectivity index is 2.74. The molecular formula is C10H14ClN3O4S. The summed E-state index contributed by atoms with van der Waals surface area (Å²) < 4.78 is 30.4. The van der Waals surface area contributed by atoms with Gasteiger partial charge in [0.1, 0.15) is 11.5 Å². The molecule has 0 aliphatic carbocycles. The van der Waals surface area contributed by atoms with Gasteiger partial charge in [0.25, 0.3) is 0 Å². The second-order valence-corrected chi connectivity index (χ2v) is 5.68. The molecule has 1 aromatic rings. The molecule has 19 heavy (non-hydrogen) atoms. The number of rotatable bonds is 6. The smallest absolute Gasteiger partial charge is 0.404 e. The quantitative estimate of drug-likeness (QED) is 0.646. The van der Waals surface area contributed by atoms with E-state index in [1.54, 1.807) is 6.07 Å². The number of carbonyl (C=O) groups is 1. The Morgan fingerprint density at radius 2 is 2.11 bits per heavy atom. The maximum atomic E-state index is 11.9. The number of nitrogens with one attached hydrogen (secondary N) is 1. The van der Waals surface area contributed by atoms with Gasteiger partial charge in [-0.3, -0.25) is 0 Å². The third kappa shape index (κ3) is 4.67. The van der Waals surface area contributed by atoms with Gasteiger partial charge in [0.15, 0.2) is 0 Å². The highest BCUT2D eigenvalue weighted by Crippen LogP contribution is 2.22. The summed E-state index contributed by atoms with van der Waals surface area (Å²) in [7, 11) is -3.77. The number of hydrogen-bond donors (Lipinski definition) is 3. The zero-order valence-corrected chi connectivity index (χ0v) is 11.5. The van der Waals surface area contributed by atoms with Gasteiger partial charge in [-0.15, -0.1) is 0 Å². The van der Waals surface area contributed by atoms with Crippen LogP contribution in [-0.2, 0) is 21.3 Å². The fourth-order valence-electron chi connectivity index (χ4n) is 1.29. The summed E-state index contributed by atoms with van der Waals surface area (Å²) in [6.07, 6.45) is -0.968. The first kappa shape index (κ1) is 15.7. The Morgan fingerprint density at radius 3 is 2.63 bits per heavy atom. The third-order valence-corrected chi connectivity index (χ3v) is 4.10. The molecule has 0 saturated heterocycles. The largest absolute Gasteiger partial charge is 0.448 e. The van der Waals surface area contributed by atoms with E-state index >= 15 is 0 Å². The summed E-state index contributed by atoms with van der Waals surface area (Å²) >= 11 is 5.88. The van der Waals surface area contributed by atoms with Gasteiger partial charge >= 0.3 is 6.09 Å². The molecule has 1 aromatic carbocycles. The van der Waals surface area contributed by atoms with Gasteiger partial charge in [-0.25, -0.2) is 17.9 Å². The van der Waals surface area contributed by atoms with E-state index in [1.165, 1.54) is 12.1 Å². The molecule has 5 N–H and O–H groups in total. The molecule has 0 aliphatic rings. The fourth-order valence-corrected chi connectivity index (χ4v) is 2.87. The lowest BCUT2D eigenvalue weighted by Crippen LogP contribution is -2.29. The molecule has 0 atom stereocenters. The average Bonchev–Trinajstić information content (AvgIpc) is 2.34. The van der Waals surface area contributed by atoms with Gasteiger partial charge in [-0.2, -0.15) is 0 Å². The van der Waals surface area contributed by atoms with Crippen molar-refractivity contribution in [3.05, 3.63) is 28.8 Å². The molecule has 0 saturated carbocycles. The Kier molecular flexibility index (Phi) is 5.55. The van der Waals surface area contributed by atoms with Crippen LogP contribution in [0.3, 0.4) is 0 Å². The minimum absolute atomic E-state index is 0.0644. The Hall–Kier alpha value is -1.35. The number of hydrogen-bond acceptors (Lipinski definition) is 5. The van der Waals surface area contributed by atoms with Crippen LogP contribution in [0.1, 0.15) is 5.56 Å². The summed E-state index contributed by atoms with van der Waals surface area (Å²) in [6, 6.07) is 4.41. The number of sulfonamides is 1. The number of benzene rings is 1. The van der Waals surface area contributed by atoms with Crippen molar-refractivity contribution >= 4 is 27.7 Å². The van der Waals surface area contributed by atoms with E-state index in [9.17, 15) is 13.2 Å². The van der Waals surface area contributed by atoms with E-state index in [4.69, 9.17) is 23.1 Å². The topological polar surface area (TPSA) is 125 Å². The number of halogens is 1. The molecule has 106 valence electrons. The molecule has 1 rings (SSSR count). The number of nitrogens with two attached hydrogens (primary N) is 2. The normalized spacial score (nSPS) is 11.3. The molecule has 1 amide bonds. The van der Waals surface area contributed by atoms with Crippen LogP contribution >= 0.6 is 11.6 Å². The summed E-state index contributed by atoms with van der Waals surface area (Å²) in [6.45, 7) is 0.00718. The third-order valence-electron chi connectivity index (χ3n) is 2.16. The minimum Gasteiger partial charge on any atom is -0.448 e. The molecule has 0 aromatic heterocycles. The SMILES string of the molecule is NCc1ccc(S(=O)(=O)NCCOC(N)=O)c(Cl)c1.